The largest absolute Gasteiger partial charge is 0.462 e. The molecule has 0 radical (unpaired) electrons. The number of unbranched alkanes of at least 4 members (excludes halogenated alkanes) is 15. The molecule has 0 spiro atoms. The number of ether oxygens (including phenoxy) is 3. The minimum Gasteiger partial charge on any atom is -0.462 e. The van der Waals surface area contributed by atoms with E-state index in [2.05, 4.69) is 118 Å². The van der Waals surface area contributed by atoms with E-state index in [1.165, 1.54) is 19.3 Å². The highest BCUT2D eigenvalue weighted by atomic mass is 16.6. The quantitative estimate of drug-likeness (QED) is 0.0200. The lowest BCUT2D eigenvalue weighted by Crippen LogP contribution is -2.30. The molecule has 1 atom stereocenters. The average Bonchev–Trinajstić information content (AvgIpc) is 3.28. The third-order valence-electron chi connectivity index (χ3n) is 9.81. The van der Waals surface area contributed by atoms with Crippen LogP contribution in [0.15, 0.2) is 134 Å². The van der Waals surface area contributed by atoms with Crippen molar-refractivity contribution in [1.82, 2.24) is 0 Å². The lowest BCUT2D eigenvalue weighted by atomic mass is 10.1. The van der Waals surface area contributed by atoms with Gasteiger partial charge >= 0.3 is 17.9 Å². The first-order valence-electron chi connectivity index (χ1n) is 24.8. The second-order valence-corrected chi connectivity index (χ2v) is 15.8. The molecule has 0 rings (SSSR count). The van der Waals surface area contributed by atoms with Crippen molar-refractivity contribution < 1.29 is 28.6 Å². The van der Waals surface area contributed by atoms with Crippen LogP contribution in [0.4, 0.5) is 0 Å². The fourth-order valence-corrected chi connectivity index (χ4v) is 6.12. The Morgan fingerprint density at radius 3 is 1.17 bits per heavy atom. The molecule has 0 bridgehead atoms. The number of hydrogen-bond donors (Lipinski definition) is 0. The zero-order valence-electron chi connectivity index (χ0n) is 40.0. The predicted octanol–water partition coefficient (Wildman–Crippen LogP) is 16.3. The Labute approximate surface area is 385 Å². The van der Waals surface area contributed by atoms with E-state index < -0.39 is 6.10 Å². The molecular weight excluding hydrogens is 781 g/mol. The molecule has 0 aromatic rings. The normalized spacial score (nSPS) is 13.3. The van der Waals surface area contributed by atoms with Gasteiger partial charge in [-0.25, -0.2) is 0 Å². The van der Waals surface area contributed by atoms with Crippen LogP contribution >= 0.6 is 0 Å². The average molecular weight is 869 g/mol. The number of esters is 3. The summed E-state index contributed by atoms with van der Waals surface area (Å²) in [6.45, 7) is 6.24. The summed E-state index contributed by atoms with van der Waals surface area (Å²) >= 11 is 0. The number of hydrogen-bond acceptors (Lipinski definition) is 6. The van der Waals surface area contributed by atoms with Crippen LogP contribution < -0.4 is 0 Å². The molecule has 6 nitrogen and oxygen atoms in total. The first-order chi connectivity index (χ1) is 31.0. The molecule has 0 aromatic carbocycles. The number of allylic oxidation sites excluding steroid dienone is 22. The van der Waals surface area contributed by atoms with Crippen molar-refractivity contribution in [1.29, 1.82) is 0 Å². The summed E-state index contributed by atoms with van der Waals surface area (Å²) in [6.07, 6.45) is 70.0. The van der Waals surface area contributed by atoms with E-state index >= 15 is 0 Å². The molecule has 0 N–H and O–H groups in total. The van der Waals surface area contributed by atoms with Crippen LogP contribution in [-0.2, 0) is 28.6 Å². The molecule has 63 heavy (non-hydrogen) atoms. The molecule has 0 aliphatic carbocycles. The van der Waals surface area contributed by atoms with Crippen molar-refractivity contribution >= 4 is 17.9 Å². The highest BCUT2D eigenvalue weighted by molar-refractivity contribution is 5.71. The Kier molecular flexibility index (Phi) is 46.7. The molecule has 0 saturated carbocycles. The minimum absolute atomic E-state index is 0.118. The van der Waals surface area contributed by atoms with Crippen molar-refractivity contribution in [3.63, 3.8) is 0 Å². The third kappa shape index (κ3) is 48.4. The monoisotopic (exact) mass is 869 g/mol. The molecule has 0 aliphatic heterocycles. The van der Waals surface area contributed by atoms with E-state index in [0.717, 1.165) is 128 Å². The number of carbonyl (C=O) groups is 3. The number of carbonyl (C=O) groups excluding carboxylic acids is 3. The van der Waals surface area contributed by atoms with Crippen molar-refractivity contribution in [3.8, 4) is 0 Å². The molecule has 352 valence electrons. The van der Waals surface area contributed by atoms with Crippen molar-refractivity contribution in [3.05, 3.63) is 134 Å². The first kappa shape index (κ1) is 58.6. The van der Waals surface area contributed by atoms with E-state index in [9.17, 15) is 14.4 Å². The summed E-state index contributed by atoms with van der Waals surface area (Å²) in [5.74, 6) is -1.01. The zero-order chi connectivity index (χ0) is 45.8. The first-order valence-corrected chi connectivity index (χ1v) is 24.8. The van der Waals surface area contributed by atoms with Crippen LogP contribution in [0.3, 0.4) is 0 Å². The summed E-state index contributed by atoms with van der Waals surface area (Å²) in [5.41, 5.74) is 0. The van der Waals surface area contributed by atoms with Gasteiger partial charge in [0, 0.05) is 19.3 Å². The lowest BCUT2D eigenvalue weighted by Gasteiger charge is -2.18. The molecule has 0 aliphatic rings. The van der Waals surface area contributed by atoms with Gasteiger partial charge in [-0.05, 0) is 96.3 Å². The van der Waals surface area contributed by atoms with Crippen LogP contribution in [0, 0.1) is 0 Å². The van der Waals surface area contributed by atoms with Crippen LogP contribution in [0.1, 0.15) is 188 Å². The third-order valence-corrected chi connectivity index (χ3v) is 9.81. The van der Waals surface area contributed by atoms with Gasteiger partial charge in [-0.1, -0.05) is 206 Å². The van der Waals surface area contributed by atoms with E-state index in [0.29, 0.717) is 12.8 Å². The second-order valence-electron chi connectivity index (χ2n) is 15.8. The molecule has 0 amide bonds. The van der Waals surface area contributed by atoms with Crippen molar-refractivity contribution in [2.75, 3.05) is 13.2 Å². The van der Waals surface area contributed by atoms with Gasteiger partial charge in [-0.2, -0.15) is 0 Å². The minimum atomic E-state index is -0.820. The van der Waals surface area contributed by atoms with Gasteiger partial charge in [0.1, 0.15) is 13.2 Å². The molecule has 0 saturated heterocycles. The molecule has 1 unspecified atom stereocenters. The van der Waals surface area contributed by atoms with Crippen LogP contribution in [-0.4, -0.2) is 37.2 Å². The summed E-state index contributed by atoms with van der Waals surface area (Å²) in [7, 11) is 0. The maximum absolute atomic E-state index is 12.8. The summed E-state index contributed by atoms with van der Waals surface area (Å²) < 4.78 is 16.7. The summed E-state index contributed by atoms with van der Waals surface area (Å²) in [5, 5.41) is 0. The van der Waals surface area contributed by atoms with Crippen LogP contribution in [0.25, 0.3) is 0 Å². The van der Waals surface area contributed by atoms with Gasteiger partial charge in [0.05, 0.1) is 0 Å². The van der Waals surface area contributed by atoms with Gasteiger partial charge in [0.2, 0.25) is 0 Å². The van der Waals surface area contributed by atoms with Gasteiger partial charge in [0.15, 0.2) is 6.10 Å². The SMILES string of the molecule is CC\C=C/C=C\C=C/C=C\CCCCCC(=O)OCC(COC(=O)CCCCCCC\C=C/C=C\C=C/C=C\CCCCC)OC(=O)CCCCCC/C=C\C/C=C\C/C=C\CC. The summed E-state index contributed by atoms with van der Waals surface area (Å²) in [4.78, 5) is 37.9. The highest BCUT2D eigenvalue weighted by Crippen LogP contribution is 2.12. The highest BCUT2D eigenvalue weighted by Gasteiger charge is 2.19. The Balaban J connectivity index is 4.55. The van der Waals surface area contributed by atoms with Gasteiger partial charge < -0.3 is 14.2 Å². The van der Waals surface area contributed by atoms with E-state index in [1.54, 1.807) is 0 Å². The lowest BCUT2D eigenvalue weighted by molar-refractivity contribution is -0.167. The smallest absolute Gasteiger partial charge is 0.306 e. The molecule has 6 heteroatoms. The van der Waals surface area contributed by atoms with Crippen LogP contribution in [0.2, 0.25) is 0 Å². The standard InChI is InChI=1S/C57H88O6/c1-4-7-10-13-16-19-22-25-27-28-29-30-33-35-38-41-44-47-50-56(59)62-53-54(52-61-55(58)49-46-43-40-37-34-31-24-21-18-15-12-9-6-3)63-57(60)51-48-45-42-39-36-32-26-23-20-17-14-11-8-5-2/h8-9,11-12,15-22,24-32,34,54H,4-7,10,13-14,23,33,35-53H2,1-3H3/b11-8-,12-9-,18-15-,19-16-,20-17-,24-21-,25-22-,28-27-,30-29-,32-26-,34-31-. The Morgan fingerprint density at radius 2 is 0.698 bits per heavy atom. The summed E-state index contributed by atoms with van der Waals surface area (Å²) in [6, 6.07) is 0. The van der Waals surface area contributed by atoms with E-state index in [-0.39, 0.29) is 37.5 Å². The van der Waals surface area contributed by atoms with Gasteiger partial charge in [-0.15, -0.1) is 0 Å². The zero-order valence-corrected chi connectivity index (χ0v) is 40.0. The van der Waals surface area contributed by atoms with Gasteiger partial charge in [0.25, 0.3) is 0 Å². The van der Waals surface area contributed by atoms with Crippen molar-refractivity contribution in [2.24, 2.45) is 0 Å². The second kappa shape index (κ2) is 50.2. The topological polar surface area (TPSA) is 78.9 Å². The Hall–Kier alpha value is -4.45. The van der Waals surface area contributed by atoms with E-state index in [4.69, 9.17) is 14.2 Å². The number of rotatable bonds is 42. The fraction of sp³-hybridized carbons (Fsp3) is 0.561. The Morgan fingerprint density at radius 1 is 0.349 bits per heavy atom. The molecule has 0 fully saturated rings. The maximum atomic E-state index is 12.8. The molecule has 0 heterocycles. The van der Waals surface area contributed by atoms with Crippen molar-refractivity contribution in [2.45, 2.75) is 194 Å². The fourth-order valence-electron chi connectivity index (χ4n) is 6.12. The van der Waals surface area contributed by atoms with Gasteiger partial charge in [-0.3, -0.25) is 14.4 Å². The Bertz CT molecular complexity index is 1420. The maximum Gasteiger partial charge on any atom is 0.306 e. The molecule has 0 aromatic heterocycles. The molecular formula is C57H88O6. The predicted molar refractivity (Wildman–Crippen MR) is 269 cm³/mol. The van der Waals surface area contributed by atoms with E-state index in [1.807, 2.05) is 36.5 Å². The van der Waals surface area contributed by atoms with Crippen LogP contribution in [0.5, 0.6) is 0 Å².